The van der Waals surface area contributed by atoms with Crippen LogP contribution < -0.4 is 5.32 Å². The Morgan fingerprint density at radius 3 is 2.67 bits per heavy atom. The monoisotopic (exact) mass is 404 g/mol. The first-order valence-corrected chi connectivity index (χ1v) is 11.1. The minimum Gasteiger partial charge on any atom is -0.356 e. The smallest absolute Gasteiger partial charge is 0.274 e. The lowest BCUT2D eigenvalue weighted by Gasteiger charge is -2.40. The number of fused-ring (bicyclic) bond motifs is 2. The lowest BCUT2D eigenvalue weighted by molar-refractivity contribution is -0.121. The summed E-state index contributed by atoms with van der Waals surface area (Å²) in [4.78, 5) is 35.4. The molecule has 1 saturated carbocycles. The summed E-state index contributed by atoms with van der Waals surface area (Å²) in [5, 5.41) is 3.13. The molecule has 1 aromatic carbocycles. The van der Waals surface area contributed by atoms with E-state index in [1.54, 1.807) is 12.4 Å². The van der Waals surface area contributed by atoms with Crippen LogP contribution in [0.5, 0.6) is 0 Å². The molecule has 1 aromatic heterocycles. The van der Waals surface area contributed by atoms with Crippen molar-refractivity contribution in [2.45, 2.75) is 49.9 Å². The van der Waals surface area contributed by atoms with Crippen LogP contribution in [0.25, 0.3) is 0 Å². The lowest BCUT2D eigenvalue weighted by Crippen LogP contribution is -2.44. The van der Waals surface area contributed by atoms with E-state index in [9.17, 15) is 9.59 Å². The zero-order chi connectivity index (χ0) is 20.6. The van der Waals surface area contributed by atoms with Gasteiger partial charge in [0.15, 0.2) is 0 Å². The molecule has 6 nitrogen and oxygen atoms in total. The number of piperidine rings is 1. The van der Waals surface area contributed by atoms with E-state index in [1.807, 2.05) is 4.90 Å². The van der Waals surface area contributed by atoms with Crippen LogP contribution in [0.4, 0.5) is 0 Å². The predicted octanol–water partition coefficient (Wildman–Crippen LogP) is 3.05. The summed E-state index contributed by atoms with van der Waals surface area (Å²) in [7, 11) is 0. The molecular formula is C24H28N4O2. The zero-order valence-corrected chi connectivity index (χ0v) is 17.2. The number of hydrogen-bond donors (Lipinski definition) is 1. The van der Waals surface area contributed by atoms with Crippen LogP contribution in [0.3, 0.4) is 0 Å². The summed E-state index contributed by atoms with van der Waals surface area (Å²) in [6, 6.07) is 8.62. The number of hydrogen-bond acceptors (Lipinski definition) is 4. The molecule has 2 fully saturated rings. The van der Waals surface area contributed by atoms with Gasteiger partial charge in [-0.15, -0.1) is 0 Å². The number of likely N-dealkylation sites (tertiary alicyclic amines) is 1. The molecule has 2 aromatic rings. The first kappa shape index (κ1) is 19.2. The van der Waals surface area contributed by atoms with E-state index in [0.717, 1.165) is 25.8 Å². The molecule has 5 rings (SSSR count). The molecule has 2 amide bonds. The number of nitrogens with zero attached hydrogens (tertiary/aromatic N) is 3. The number of carbonyl (C=O) groups is 2. The third-order valence-corrected chi connectivity index (χ3v) is 7.12. The van der Waals surface area contributed by atoms with Gasteiger partial charge in [0, 0.05) is 38.4 Å². The Balaban J connectivity index is 1.28. The summed E-state index contributed by atoms with van der Waals surface area (Å²) >= 11 is 0. The summed E-state index contributed by atoms with van der Waals surface area (Å²) in [6.07, 6.45) is 10.6. The molecule has 1 atom stereocenters. The van der Waals surface area contributed by atoms with Crippen molar-refractivity contribution < 1.29 is 9.59 Å². The van der Waals surface area contributed by atoms with E-state index in [-0.39, 0.29) is 23.1 Å². The van der Waals surface area contributed by atoms with Gasteiger partial charge < -0.3 is 10.2 Å². The van der Waals surface area contributed by atoms with E-state index in [0.29, 0.717) is 31.1 Å². The standard InChI is InChI=1S/C24H28N4O2/c29-22(27-15-17-5-6-17)13-18-14-24(20-4-2-1-3-19(18)20)7-11-28(12-8-24)23(30)21-16-25-9-10-26-21/h1-4,9-10,16-18H,5-8,11-15H2,(H,27,29)/t18-/m1/s1. The Bertz CT molecular complexity index is 933. The SMILES string of the molecule is O=C(C[C@@H]1CC2(CCN(C(=O)c3cnccn3)CC2)c2ccccc21)NCC1CC1. The van der Waals surface area contributed by atoms with E-state index in [1.165, 1.54) is 30.2 Å². The van der Waals surface area contributed by atoms with Crippen LogP contribution in [-0.2, 0) is 10.2 Å². The maximum Gasteiger partial charge on any atom is 0.274 e. The second kappa shape index (κ2) is 7.82. The molecular weight excluding hydrogens is 376 g/mol. The molecule has 0 bridgehead atoms. The first-order valence-electron chi connectivity index (χ1n) is 11.1. The Labute approximate surface area is 177 Å². The van der Waals surface area contributed by atoms with Crippen LogP contribution in [0, 0.1) is 5.92 Å². The van der Waals surface area contributed by atoms with Crippen molar-refractivity contribution >= 4 is 11.8 Å². The second-order valence-corrected chi connectivity index (χ2v) is 9.10. The van der Waals surface area contributed by atoms with Crippen LogP contribution in [0.15, 0.2) is 42.9 Å². The van der Waals surface area contributed by atoms with E-state index in [4.69, 9.17) is 0 Å². The quantitative estimate of drug-likeness (QED) is 0.831. The number of rotatable bonds is 5. The fraction of sp³-hybridized carbons (Fsp3) is 0.500. The van der Waals surface area contributed by atoms with Crippen LogP contribution >= 0.6 is 0 Å². The summed E-state index contributed by atoms with van der Waals surface area (Å²) in [5.74, 6) is 1.10. The fourth-order valence-corrected chi connectivity index (χ4v) is 5.27. The molecule has 1 N–H and O–H groups in total. The Morgan fingerprint density at radius 2 is 1.93 bits per heavy atom. The van der Waals surface area contributed by atoms with Crippen molar-refractivity contribution in [1.82, 2.24) is 20.2 Å². The first-order chi connectivity index (χ1) is 14.6. The fourth-order valence-electron chi connectivity index (χ4n) is 5.27. The number of carbonyl (C=O) groups excluding carboxylic acids is 2. The minimum absolute atomic E-state index is 0.0414. The molecule has 0 radical (unpaired) electrons. The molecule has 1 saturated heterocycles. The number of benzene rings is 1. The molecule has 1 aliphatic heterocycles. The van der Waals surface area contributed by atoms with Gasteiger partial charge in [-0.1, -0.05) is 24.3 Å². The number of amides is 2. The summed E-state index contributed by atoms with van der Waals surface area (Å²) < 4.78 is 0. The van der Waals surface area contributed by atoms with E-state index in [2.05, 4.69) is 39.6 Å². The average Bonchev–Trinajstić information content (AvgIpc) is 3.58. The molecule has 1 spiro atoms. The van der Waals surface area contributed by atoms with Gasteiger partial charge in [0.1, 0.15) is 5.69 Å². The van der Waals surface area contributed by atoms with Gasteiger partial charge in [0.25, 0.3) is 5.91 Å². The molecule has 2 aliphatic carbocycles. The highest BCUT2D eigenvalue weighted by Gasteiger charge is 2.46. The van der Waals surface area contributed by atoms with Crippen LogP contribution in [-0.4, -0.2) is 46.3 Å². The van der Waals surface area contributed by atoms with Gasteiger partial charge in [-0.25, -0.2) is 4.98 Å². The molecule has 30 heavy (non-hydrogen) atoms. The number of aromatic nitrogens is 2. The summed E-state index contributed by atoms with van der Waals surface area (Å²) in [5.41, 5.74) is 3.19. The number of nitrogens with one attached hydrogen (secondary N) is 1. The largest absolute Gasteiger partial charge is 0.356 e. The average molecular weight is 405 g/mol. The Kier molecular flexibility index (Phi) is 5.01. The van der Waals surface area contributed by atoms with Gasteiger partial charge in [-0.2, -0.15) is 0 Å². The maximum absolute atomic E-state index is 12.8. The summed E-state index contributed by atoms with van der Waals surface area (Å²) in [6.45, 7) is 2.26. The van der Waals surface area contributed by atoms with Crippen molar-refractivity contribution in [2.75, 3.05) is 19.6 Å². The maximum atomic E-state index is 12.8. The van der Waals surface area contributed by atoms with Crippen molar-refractivity contribution in [3.63, 3.8) is 0 Å². The highest BCUT2D eigenvalue weighted by atomic mass is 16.2. The van der Waals surface area contributed by atoms with Crippen molar-refractivity contribution in [3.8, 4) is 0 Å². The van der Waals surface area contributed by atoms with Gasteiger partial charge in [-0.3, -0.25) is 14.6 Å². The molecule has 156 valence electrons. The topological polar surface area (TPSA) is 75.2 Å². The van der Waals surface area contributed by atoms with Gasteiger partial charge in [0.05, 0.1) is 6.20 Å². The zero-order valence-electron chi connectivity index (χ0n) is 17.2. The molecule has 3 aliphatic rings. The lowest BCUT2D eigenvalue weighted by atomic mass is 9.73. The van der Waals surface area contributed by atoms with Gasteiger partial charge in [-0.05, 0) is 60.5 Å². The normalized spacial score (nSPS) is 22.0. The molecule has 0 unspecified atom stereocenters. The molecule has 6 heteroatoms. The highest BCUT2D eigenvalue weighted by molar-refractivity contribution is 5.92. The van der Waals surface area contributed by atoms with Gasteiger partial charge >= 0.3 is 0 Å². The van der Waals surface area contributed by atoms with E-state index < -0.39 is 0 Å². The van der Waals surface area contributed by atoms with Crippen LogP contribution in [0.1, 0.15) is 66.1 Å². The predicted molar refractivity (Wildman–Crippen MR) is 113 cm³/mol. The minimum atomic E-state index is -0.0414. The highest BCUT2D eigenvalue weighted by Crippen LogP contribution is 2.52. The third kappa shape index (κ3) is 3.71. The Morgan fingerprint density at radius 1 is 1.13 bits per heavy atom. The van der Waals surface area contributed by atoms with Crippen LogP contribution in [0.2, 0.25) is 0 Å². The Hall–Kier alpha value is -2.76. The van der Waals surface area contributed by atoms with Crippen molar-refractivity contribution in [3.05, 3.63) is 59.7 Å². The van der Waals surface area contributed by atoms with Gasteiger partial charge in [0.2, 0.25) is 5.91 Å². The van der Waals surface area contributed by atoms with Crippen molar-refractivity contribution in [2.24, 2.45) is 5.92 Å². The van der Waals surface area contributed by atoms with Crippen molar-refractivity contribution in [1.29, 1.82) is 0 Å². The second-order valence-electron chi connectivity index (χ2n) is 9.10. The van der Waals surface area contributed by atoms with E-state index >= 15 is 0 Å². The molecule has 2 heterocycles. The third-order valence-electron chi connectivity index (χ3n) is 7.12.